The summed E-state index contributed by atoms with van der Waals surface area (Å²) in [4.78, 5) is 1.19. The molecular weight excluding hydrogens is 711 g/mol. The maximum absolute atomic E-state index is 9.80. The van der Waals surface area contributed by atoms with Crippen LogP contribution in [0.25, 0.3) is 77.5 Å². The first kappa shape index (κ1) is 24.1. The van der Waals surface area contributed by atoms with E-state index in [9.17, 15) is 11.0 Å². The third-order valence-corrected chi connectivity index (χ3v) is 10.3. The number of hydrogen-bond donors (Lipinski definition) is 0. The topological polar surface area (TPSA) is 3.24 Å². The first-order chi connectivity index (χ1) is 34.7. The van der Waals surface area contributed by atoms with Crippen molar-refractivity contribution in [1.82, 2.24) is 0 Å². The molecule has 1 nitrogen and oxygen atoms in total. The van der Waals surface area contributed by atoms with Gasteiger partial charge in [0.2, 0.25) is 0 Å². The lowest BCUT2D eigenvalue weighted by atomic mass is 9.89. The van der Waals surface area contributed by atoms with E-state index in [0.29, 0.717) is 16.5 Å². The Morgan fingerprint density at radius 1 is 0.288 bits per heavy atom. The minimum Gasteiger partial charge on any atom is -0.311 e. The Bertz CT molecular complexity index is 3680. The van der Waals surface area contributed by atoms with Crippen LogP contribution in [0.3, 0.4) is 0 Å². The molecule has 1 heteroatoms. The van der Waals surface area contributed by atoms with Crippen molar-refractivity contribution >= 4 is 27.8 Å². The second-order valence-electron chi connectivity index (χ2n) is 13.9. The van der Waals surface area contributed by atoms with Crippen molar-refractivity contribution in [2.45, 2.75) is 0 Å². The van der Waals surface area contributed by atoms with E-state index in [4.69, 9.17) is 6.85 Å². The lowest BCUT2D eigenvalue weighted by Gasteiger charge is -2.26. The quantitative estimate of drug-likeness (QED) is 0.141. The molecule has 0 N–H and O–H groups in total. The molecule has 0 aliphatic rings. The molecule has 0 aliphatic heterocycles. The normalized spacial score (nSPS) is 14.1. The van der Waals surface area contributed by atoms with Gasteiger partial charge in [0, 0.05) is 17.1 Å². The smallest absolute Gasteiger partial charge is 0.0645 e. The minimum absolute atomic E-state index is 0.0176. The van der Waals surface area contributed by atoms with Crippen LogP contribution in [0.5, 0.6) is 0 Å². The van der Waals surface area contributed by atoms with Gasteiger partial charge in [0.25, 0.3) is 0 Å². The number of hydrogen-bond acceptors (Lipinski definition) is 1. The van der Waals surface area contributed by atoms with Gasteiger partial charge in [-0.25, -0.2) is 0 Å². The molecule has 0 aromatic heterocycles. The SMILES string of the molecule is [2H]c1c([2H])c([2H])c(-c2c([2H])c([2H])c(N(c3ccc(-c4ccc(-c5ccccc5)c(-c5ccccc5)c4)cc3)c3c([2H])c([2H])c(-c4c(-c5ccccc5)ccc5ccccc45)c([2H])c3[2H])c([2H])c2[2H])c([2H])c1[2H]. The number of anilines is 3. The molecule has 10 aromatic carbocycles. The highest BCUT2D eigenvalue weighted by atomic mass is 15.1. The molecule has 0 saturated carbocycles. The van der Waals surface area contributed by atoms with Gasteiger partial charge in [0.05, 0.1) is 17.8 Å². The fourth-order valence-corrected chi connectivity index (χ4v) is 7.48. The summed E-state index contributed by atoms with van der Waals surface area (Å²) in [5.74, 6) is 0. The van der Waals surface area contributed by atoms with Crippen LogP contribution in [-0.2, 0) is 0 Å². The van der Waals surface area contributed by atoms with Crippen molar-refractivity contribution in [3.8, 4) is 66.8 Å². The molecule has 0 spiro atoms. The molecule has 0 saturated heterocycles. The summed E-state index contributed by atoms with van der Waals surface area (Å²) < 4.78 is 119. The molecule has 0 aliphatic carbocycles. The van der Waals surface area contributed by atoms with Gasteiger partial charge < -0.3 is 4.90 Å². The van der Waals surface area contributed by atoms with E-state index in [1.54, 1.807) is 24.3 Å². The molecule has 0 fully saturated rings. The molecule has 10 rings (SSSR count). The third-order valence-electron chi connectivity index (χ3n) is 10.3. The predicted molar refractivity (Wildman–Crippen MR) is 251 cm³/mol. The molecule has 0 radical (unpaired) electrons. The number of fused-ring (bicyclic) bond motifs is 1. The Labute approximate surface area is 365 Å². The van der Waals surface area contributed by atoms with Gasteiger partial charge in [-0.2, -0.15) is 0 Å². The average Bonchev–Trinajstić information content (AvgIpc) is 3.42. The van der Waals surface area contributed by atoms with Crippen LogP contribution in [0.15, 0.2) is 248 Å². The van der Waals surface area contributed by atoms with E-state index >= 15 is 0 Å². The molecule has 0 atom stereocenters. The Morgan fingerprint density at radius 2 is 0.780 bits per heavy atom. The first-order valence-electron chi connectivity index (χ1n) is 25.7. The van der Waals surface area contributed by atoms with E-state index in [2.05, 4.69) is 24.3 Å². The fraction of sp³-hybridized carbons (Fsp3) is 0. The van der Waals surface area contributed by atoms with Gasteiger partial charge in [-0.15, -0.1) is 0 Å². The third kappa shape index (κ3) is 7.23. The van der Waals surface area contributed by atoms with Crippen LogP contribution >= 0.6 is 0 Å². The lowest BCUT2D eigenvalue weighted by Crippen LogP contribution is -2.09. The molecule has 59 heavy (non-hydrogen) atoms. The molecule has 0 heterocycles. The number of benzene rings is 10. The van der Waals surface area contributed by atoms with Gasteiger partial charge in [-0.3, -0.25) is 0 Å². The molecule has 0 bridgehead atoms. The summed E-state index contributed by atoms with van der Waals surface area (Å²) in [6.07, 6.45) is 0. The van der Waals surface area contributed by atoms with Gasteiger partial charge in [0.1, 0.15) is 0 Å². The van der Waals surface area contributed by atoms with Crippen LogP contribution in [0.1, 0.15) is 17.8 Å². The summed E-state index contributed by atoms with van der Waals surface area (Å²) >= 11 is 0. The first-order valence-corrected chi connectivity index (χ1v) is 19.2. The summed E-state index contributed by atoms with van der Waals surface area (Å²) in [5, 5.41) is 1.50. The Kier molecular flexibility index (Phi) is 6.55. The van der Waals surface area contributed by atoms with E-state index in [-0.39, 0.29) is 16.9 Å². The van der Waals surface area contributed by atoms with Crippen molar-refractivity contribution < 1.29 is 17.8 Å². The highest BCUT2D eigenvalue weighted by Gasteiger charge is 2.17. The van der Waals surface area contributed by atoms with Gasteiger partial charge in [-0.1, -0.05) is 206 Å². The van der Waals surface area contributed by atoms with Crippen LogP contribution in [0.2, 0.25) is 0 Å². The van der Waals surface area contributed by atoms with Gasteiger partial charge >= 0.3 is 0 Å². The Morgan fingerprint density at radius 3 is 1.41 bits per heavy atom. The maximum Gasteiger partial charge on any atom is 0.0645 e. The second-order valence-corrected chi connectivity index (χ2v) is 13.9. The van der Waals surface area contributed by atoms with Crippen molar-refractivity contribution in [3.63, 3.8) is 0 Å². The molecule has 0 amide bonds. The zero-order chi connectivity index (χ0) is 50.7. The number of rotatable bonds is 9. The summed E-state index contributed by atoms with van der Waals surface area (Å²) in [6.45, 7) is 0. The van der Waals surface area contributed by atoms with Gasteiger partial charge in [-0.05, 0) is 120 Å². The van der Waals surface area contributed by atoms with E-state index in [1.165, 1.54) is 4.90 Å². The fourth-order valence-electron chi connectivity index (χ4n) is 7.48. The highest BCUT2D eigenvalue weighted by Crippen LogP contribution is 2.42. The standard InChI is InChI=1S/C58H41N/c1-5-15-42(16-6-1)43-25-33-51(34-26-43)59(53-37-29-49(30-38-53)58-55-24-14-13-23-48(55)31-40-56(58)46-19-9-3-10-20-46)52-35-27-44(28-36-52)50-32-39-54(45-17-7-2-8-18-45)57(41-50)47-21-11-4-12-22-47/h1-41H/i1D,5D,6D,15D,16D,25D,26D,29D,30D,33D,34D,37D,38D. The van der Waals surface area contributed by atoms with Gasteiger partial charge in [0.15, 0.2) is 0 Å². The van der Waals surface area contributed by atoms with Crippen LogP contribution in [-0.4, -0.2) is 0 Å². The molecule has 278 valence electrons. The van der Waals surface area contributed by atoms with E-state index in [0.717, 1.165) is 44.3 Å². The monoisotopic (exact) mass is 764 g/mol. The zero-order valence-electron chi connectivity index (χ0n) is 44.6. The summed E-state index contributed by atoms with van der Waals surface area (Å²) in [5.41, 5.74) is 5.90. The maximum atomic E-state index is 9.80. The van der Waals surface area contributed by atoms with Crippen LogP contribution in [0, 0.1) is 0 Å². The van der Waals surface area contributed by atoms with Crippen LogP contribution < -0.4 is 4.90 Å². The van der Waals surface area contributed by atoms with E-state index in [1.807, 2.05) is 121 Å². The number of nitrogens with zero attached hydrogens (tertiary/aromatic N) is 1. The predicted octanol–water partition coefficient (Wildman–Crippen LogP) is 16.3. The zero-order valence-corrected chi connectivity index (χ0v) is 31.6. The van der Waals surface area contributed by atoms with Crippen LogP contribution in [0.4, 0.5) is 17.1 Å². The molecular formula is C58H41N. The molecule has 10 aromatic rings. The Hall–Kier alpha value is -7.74. The summed E-state index contributed by atoms with van der Waals surface area (Å²) in [7, 11) is 0. The van der Waals surface area contributed by atoms with Crippen molar-refractivity contribution in [3.05, 3.63) is 248 Å². The Balaban J connectivity index is 1.21. The van der Waals surface area contributed by atoms with Crippen molar-refractivity contribution in [1.29, 1.82) is 0 Å². The average molecular weight is 765 g/mol. The van der Waals surface area contributed by atoms with Crippen molar-refractivity contribution in [2.75, 3.05) is 4.90 Å². The highest BCUT2D eigenvalue weighted by molar-refractivity contribution is 6.04. The molecule has 0 unspecified atom stereocenters. The van der Waals surface area contributed by atoms with E-state index < -0.39 is 95.4 Å². The lowest BCUT2D eigenvalue weighted by molar-refractivity contribution is 1.28. The largest absolute Gasteiger partial charge is 0.311 e. The second kappa shape index (κ2) is 16.0. The van der Waals surface area contributed by atoms with Crippen molar-refractivity contribution in [2.24, 2.45) is 0 Å². The minimum atomic E-state index is -0.742. The summed E-state index contributed by atoms with van der Waals surface area (Å²) in [6, 6.07) is 45.4.